The summed E-state index contributed by atoms with van der Waals surface area (Å²) in [7, 11) is 1.53. The molecule has 2 N–H and O–H groups in total. The Bertz CT molecular complexity index is 590. The summed E-state index contributed by atoms with van der Waals surface area (Å²) >= 11 is 5.69. The molecule has 0 aromatic heterocycles. The zero-order chi connectivity index (χ0) is 13.8. The van der Waals surface area contributed by atoms with Gasteiger partial charge in [-0.05, 0) is 30.3 Å². The molecule has 0 aliphatic carbocycles. The van der Waals surface area contributed by atoms with Gasteiger partial charge in [0.25, 0.3) is 0 Å². The standard InChI is InChI=1S/C14H13ClFNO2/c1-19-11-4-2-9(14(18)7-11)8-17-10-3-5-13(16)12(15)6-10/h2-7,17-18H,8H2,1H3. The number of phenolic OH excluding ortho intramolecular Hbond substituents is 1. The van der Waals surface area contributed by atoms with Crippen molar-refractivity contribution < 1.29 is 14.2 Å². The summed E-state index contributed by atoms with van der Waals surface area (Å²) in [6.07, 6.45) is 0. The molecule has 2 rings (SSSR count). The van der Waals surface area contributed by atoms with Crippen molar-refractivity contribution >= 4 is 17.3 Å². The first-order valence-electron chi connectivity index (χ1n) is 5.65. The van der Waals surface area contributed by atoms with Gasteiger partial charge < -0.3 is 15.2 Å². The van der Waals surface area contributed by atoms with Crippen LogP contribution in [0.5, 0.6) is 11.5 Å². The lowest BCUT2D eigenvalue weighted by Gasteiger charge is -2.10. The molecule has 100 valence electrons. The molecule has 0 bridgehead atoms. The van der Waals surface area contributed by atoms with Gasteiger partial charge in [-0.25, -0.2) is 4.39 Å². The fourth-order valence-corrected chi connectivity index (χ4v) is 1.80. The summed E-state index contributed by atoms with van der Waals surface area (Å²) < 4.78 is 18.0. The third-order valence-corrected chi connectivity index (χ3v) is 2.98. The van der Waals surface area contributed by atoms with Crippen molar-refractivity contribution in [2.75, 3.05) is 12.4 Å². The van der Waals surface area contributed by atoms with E-state index >= 15 is 0 Å². The minimum absolute atomic E-state index is 0.0592. The molecule has 0 saturated heterocycles. The van der Waals surface area contributed by atoms with Crippen LogP contribution >= 0.6 is 11.6 Å². The molecule has 5 heteroatoms. The molecule has 2 aromatic rings. The van der Waals surface area contributed by atoms with Gasteiger partial charge in [0.05, 0.1) is 12.1 Å². The number of ether oxygens (including phenoxy) is 1. The molecule has 0 saturated carbocycles. The third kappa shape index (κ3) is 3.29. The summed E-state index contributed by atoms with van der Waals surface area (Å²) in [6, 6.07) is 9.42. The van der Waals surface area contributed by atoms with Gasteiger partial charge in [0.1, 0.15) is 17.3 Å². The smallest absolute Gasteiger partial charge is 0.141 e. The number of benzene rings is 2. The van der Waals surface area contributed by atoms with E-state index in [2.05, 4.69) is 5.32 Å². The largest absolute Gasteiger partial charge is 0.507 e. The molecule has 0 aliphatic rings. The molecule has 0 unspecified atom stereocenters. The van der Waals surface area contributed by atoms with Crippen molar-refractivity contribution in [2.24, 2.45) is 0 Å². The third-order valence-electron chi connectivity index (χ3n) is 2.70. The Balaban J connectivity index is 2.07. The number of methoxy groups -OCH3 is 1. The maximum Gasteiger partial charge on any atom is 0.141 e. The van der Waals surface area contributed by atoms with E-state index in [1.807, 2.05) is 0 Å². The summed E-state index contributed by atoms with van der Waals surface area (Å²) in [5, 5.41) is 12.9. The average Bonchev–Trinajstić information content (AvgIpc) is 2.41. The second-order valence-electron chi connectivity index (χ2n) is 3.98. The SMILES string of the molecule is COc1ccc(CNc2ccc(F)c(Cl)c2)c(O)c1. The molecule has 0 atom stereocenters. The van der Waals surface area contributed by atoms with Crippen LogP contribution < -0.4 is 10.1 Å². The van der Waals surface area contributed by atoms with Crippen LogP contribution in [0.1, 0.15) is 5.56 Å². The van der Waals surface area contributed by atoms with E-state index in [-0.39, 0.29) is 10.8 Å². The van der Waals surface area contributed by atoms with Crippen LogP contribution in [0.2, 0.25) is 5.02 Å². The summed E-state index contributed by atoms with van der Waals surface area (Å²) in [4.78, 5) is 0. The molecule has 0 radical (unpaired) electrons. The topological polar surface area (TPSA) is 41.5 Å². The number of halogens is 2. The number of phenols is 1. The second kappa shape index (κ2) is 5.80. The van der Waals surface area contributed by atoms with E-state index in [0.717, 1.165) is 0 Å². The quantitative estimate of drug-likeness (QED) is 0.895. The molecular weight excluding hydrogens is 269 g/mol. The first kappa shape index (κ1) is 13.5. The van der Waals surface area contributed by atoms with E-state index in [0.29, 0.717) is 23.5 Å². The van der Waals surface area contributed by atoms with Gasteiger partial charge in [-0.3, -0.25) is 0 Å². The van der Waals surface area contributed by atoms with E-state index in [4.69, 9.17) is 16.3 Å². The van der Waals surface area contributed by atoms with E-state index in [1.165, 1.54) is 25.3 Å². The Labute approximate surface area is 115 Å². The van der Waals surface area contributed by atoms with Crippen LogP contribution in [0.15, 0.2) is 36.4 Å². The van der Waals surface area contributed by atoms with Gasteiger partial charge in [0.2, 0.25) is 0 Å². The Kier molecular flexibility index (Phi) is 4.12. The highest BCUT2D eigenvalue weighted by Crippen LogP contribution is 2.25. The van der Waals surface area contributed by atoms with Crippen LogP contribution in [-0.2, 0) is 6.54 Å². The average molecular weight is 282 g/mol. The monoisotopic (exact) mass is 281 g/mol. The fourth-order valence-electron chi connectivity index (χ4n) is 1.62. The van der Waals surface area contributed by atoms with E-state index < -0.39 is 5.82 Å². The summed E-state index contributed by atoms with van der Waals surface area (Å²) in [6.45, 7) is 0.401. The van der Waals surface area contributed by atoms with Crippen LogP contribution in [0.25, 0.3) is 0 Å². The number of anilines is 1. The highest BCUT2D eigenvalue weighted by molar-refractivity contribution is 6.31. The van der Waals surface area contributed by atoms with E-state index in [1.54, 1.807) is 18.2 Å². The highest BCUT2D eigenvalue weighted by atomic mass is 35.5. The van der Waals surface area contributed by atoms with Crippen molar-refractivity contribution in [2.45, 2.75) is 6.54 Å². The number of rotatable bonds is 4. The van der Waals surface area contributed by atoms with Gasteiger partial charge in [-0.15, -0.1) is 0 Å². The predicted molar refractivity (Wildman–Crippen MR) is 73.4 cm³/mol. The van der Waals surface area contributed by atoms with E-state index in [9.17, 15) is 9.50 Å². The lowest BCUT2D eigenvalue weighted by atomic mass is 10.2. The summed E-state index contributed by atoms with van der Waals surface area (Å²) in [5.41, 5.74) is 1.39. The van der Waals surface area contributed by atoms with Crippen LogP contribution in [0.4, 0.5) is 10.1 Å². The van der Waals surface area contributed by atoms with Crippen molar-refractivity contribution in [1.82, 2.24) is 0 Å². The normalized spacial score (nSPS) is 10.3. The van der Waals surface area contributed by atoms with Gasteiger partial charge in [0.15, 0.2) is 0 Å². The fraction of sp³-hybridized carbons (Fsp3) is 0.143. The lowest BCUT2D eigenvalue weighted by molar-refractivity contribution is 0.406. The Morgan fingerprint density at radius 2 is 2.05 bits per heavy atom. The first-order valence-corrected chi connectivity index (χ1v) is 6.03. The number of aromatic hydroxyl groups is 1. The number of hydrogen-bond acceptors (Lipinski definition) is 3. The highest BCUT2D eigenvalue weighted by Gasteiger charge is 2.04. The molecule has 0 spiro atoms. The second-order valence-corrected chi connectivity index (χ2v) is 4.38. The van der Waals surface area contributed by atoms with Crippen LogP contribution in [0.3, 0.4) is 0 Å². The number of hydrogen-bond donors (Lipinski definition) is 2. The zero-order valence-corrected chi connectivity index (χ0v) is 11.0. The first-order chi connectivity index (χ1) is 9.10. The van der Waals surface area contributed by atoms with Crippen molar-refractivity contribution in [3.63, 3.8) is 0 Å². The molecule has 0 fully saturated rings. The molecule has 0 aliphatic heterocycles. The van der Waals surface area contributed by atoms with Gasteiger partial charge in [-0.1, -0.05) is 11.6 Å². The van der Waals surface area contributed by atoms with Crippen LogP contribution in [0, 0.1) is 5.82 Å². The molecule has 3 nitrogen and oxygen atoms in total. The van der Waals surface area contributed by atoms with Crippen molar-refractivity contribution in [3.05, 3.63) is 52.8 Å². The maximum atomic E-state index is 13.0. The van der Waals surface area contributed by atoms with Gasteiger partial charge >= 0.3 is 0 Å². The van der Waals surface area contributed by atoms with Crippen LogP contribution in [-0.4, -0.2) is 12.2 Å². The number of nitrogens with one attached hydrogen (secondary N) is 1. The molecule has 19 heavy (non-hydrogen) atoms. The Hall–Kier alpha value is -1.94. The molecule has 0 heterocycles. The Morgan fingerprint density at radius 1 is 1.26 bits per heavy atom. The zero-order valence-electron chi connectivity index (χ0n) is 10.3. The predicted octanol–water partition coefficient (Wildman–Crippen LogP) is 3.81. The Morgan fingerprint density at radius 3 is 2.68 bits per heavy atom. The maximum absolute atomic E-state index is 13.0. The van der Waals surface area contributed by atoms with Gasteiger partial charge in [0, 0.05) is 23.9 Å². The molecule has 0 amide bonds. The molecule has 2 aromatic carbocycles. The molecular formula is C14H13ClFNO2. The minimum atomic E-state index is -0.459. The summed E-state index contributed by atoms with van der Waals surface area (Å²) in [5.74, 6) is 0.269. The van der Waals surface area contributed by atoms with Crippen molar-refractivity contribution in [3.8, 4) is 11.5 Å². The van der Waals surface area contributed by atoms with Crippen molar-refractivity contribution in [1.29, 1.82) is 0 Å². The lowest BCUT2D eigenvalue weighted by Crippen LogP contribution is -2.00. The minimum Gasteiger partial charge on any atom is -0.507 e. The van der Waals surface area contributed by atoms with Gasteiger partial charge in [-0.2, -0.15) is 0 Å².